The third-order valence-electron chi connectivity index (χ3n) is 1.54. The summed E-state index contributed by atoms with van der Waals surface area (Å²) in [6.07, 6.45) is 0. The van der Waals surface area contributed by atoms with E-state index in [4.69, 9.17) is 9.88 Å². The van der Waals surface area contributed by atoms with E-state index in [1.165, 1.54) is 4.90 Å². The molecular weight excluding hydrogens is 230 g/mol. The molecule has 0 amide bonds. The summed E-state index contributed by atoms with van der Waals surface area (Å²) in [4.78, 5) is 1.41. The number of hydrogen-bond donors (Lipinski definition) is 1. The summed E-state index contributed by atoms with van der Waals surface area (Å²) >= 11 is 0. The molecule has 0 fully saturated rings. The molecule has 0 aromatic heterocycles. The van der Waals surface area contributed by atoms with Crippen LogP contribution in [-0.4, -0.2) is 33.4 Å². The summed E-state index contributed by atoms with van der Waals surface area (Å²) in [7, 11) is -0.759. The number of para-hydroxylation sites is 1. The van der Waals surface area contributed by atoms with E-state index in [0.717, 1.165) is 0 Å². The molecule has 1 aromatic rings. The van der Waals surface area contributed by atoms with E-state index < -0.39 is 10.2 Å². The molecule has 0 aliphatic heterocycles. The van der Waals surface area contributed by atoms with Crippen LogP contribution in [0, 0.1) is 0 Å². The first kappa shape index (κ1) is 12.5. The average Bonchev–Trinajstić information content (AvgIpc) is 2.16. The van der Waals surface area contributed by atoms with Crippen molar-refractivity contribution in [3.63, 3.8) is 0 Å². The largest absolute Gasteiger partial charge is 0.425 e. The first-order valence-corrected chi connectivity index (χ1v) is 5.92. The molecule has 0 atom stereocenters. The van der Waals surface area contributed by atoms with Crippen LogP contribution in [0.1, 0.15) is 0 Å². The number of amidine groups is 1. The van der Waals surface area contributed by atoms with Gasteiger partial charge < -0.3 is 9.64 Å². The smallest absolute Gasteiger partial charge is 0.321 e. The summed E-state index contributed by atoms with van der Waals surface area (Å²) in [5.74, 6) is 0.485. The molecule has 0 bridgehead atoms. The molecule has 6 nitrogen and oxygen atoms in total. The predicted octanol–water partition coefficient (Wildman–Crippen LogP) is 0.186. The van der Waals surface area contributed by atoms with E-state index in [0.29, 0.717) is 5.75 Å². The van der Waals surface area contributed by atoms with Crippen molar-refractivity contribution >= 4 is 16.2 Å². The summed E-state index contributed by atoms with van der Waals surface area (Å²) in [6, 6.07) is 8.62. The van der Waals surface area contributed by atoms with E-state index in [-0.39, 0.29) is 6.02 Å². The Kier molecular flexibility index (Phi) is 3.86. The summed E-state index contributed by atoms with van der Waals surface area (Å²) < 4.78 is 30.2. The van der Waals surface area contributed by atoms with Crippen LogP contribution in [0.15, 0.2) is 34.7 Å². The van der Waals surface area contributed by atoms with Gasteiger partial charge in [0.05, 0.1) is 0 Å². The van der Waals surface area contributed by atoms with E-state index in [9.17, 15) is 8.42 Å². The lowest BCUT2D eigenvalue weighted by Gasteiger charge is -2.14. The Balaban J connectivity index is 2.95. The molecule has 0 radical (unpaired) electrons. The monoisotopic (exact) mass is 243 g/mol. The zero-order valence-corrected chi connectivity index (χ0v) is 9.81. The van der Waals surface area contributed by atoms with Crippen LogP contribution in [0.4, 0.5) is 0 Å². The number of nitrogens with zero attached hydrogens (tertiary/aromatic N) is 2. The Morgan fingerprint density at radius 3 is 2.31 bits per heavy atom. The van der Waals surface area contributed by atoms with Gasteiger partial charge in [-0.2, -0.15) is 8.42 Å². The number of ether oxygens (including phenoxy) is 1. The lowest BCUT2D eigenvalue weighted by atomic mass is 10.3. The van der Waals surface area contributed by atoms with Crippen LogP contribution in [0.25, 0.3) is 0 Å². The third kappa shape index (κ3) is 4.28. The highest BCUT2D eigenvalue weighted by molar-refractivity contribution is 7.88. The van der Waals surface area contributed by atoms with Crippen molar-refractivity contribution in [3.05, 3.63) is 30.3 Å². The Bertz CT molecular complexity index is 468. The Morgan fingerprint density at radius 2 is 1.88 bits per heavy atom. The minimum atomic E-state index is -3.97. The zero-order valence-electron chi connectivity index (χ0n) is 8.99. The second kappa shape index (κ2) is 4.95. The Hall–Kier alpha value is -1.60. The lowest BCUT2D eigenvalue weighted by Crippen LogP contribution is -2.30. The maximum Gasteiger partial charge on any atom is 0.321 e. The van der Waals surface area contributed by atoms with Crippen molar-refractivity contribution in [3.8, 4) is 5.75 Å². The van der Waals surface area contributed by atoms with Gasteiger partial charge in [-0.15, -0.1) is 0 Å². The van der Waals surface area contributed by atoms with Crippen LogP contribution in [0.5, 0.6) is 5.75 Å². The molecule has 7 heteroatoms. The molecule has 1 aromatic carbocycles. The molecule has 0 aliphatic carbocycles. The molecule has 0 heterocycles. The molecule has 0 spiro atoms. The average molecular weight is 243 g/mol. The van der Waals surface area contributed by atoms with E-state index in [1.54, 1.807) is 38.4 Å². The van der Waals surface area contributed by atoms with Gasteiger partial charge in [0.25, 0.3) is 0 Å². The Morgan fingerprint density at radius 1 is 1.31 bits per heavy atom. The zero-order chi connectivity index (χ0) is 12.2. The van der Waals surface area contributed by atoms with Gasteiger partial charge in [-0.25, -0.2) is 5.14 Å². The van der Waals surface area contributed by atoms with Crippen molar-refractivity contribution in [2.24, 2.45) is 9.54 Å². The number of nitrogens with two attached hydrogens (primary N) is 1. The second-order valence-electron chi connectivity index (χ2n) is 3.20. The first-order chi connectivity index (χ1) is 7.38. The third-order valence-corrected chi connectivity index (χ3v) is 1.95. The van der Waals surface area contributed by atoms with Crippen LogP contribution in [0.2, 0.25) is 0 Å². The first-order valence-electron chi connectivity index (χ1n) is 4.41. The van der Waals surface area contributed by atoms with E-state index in [2.05, 4.69) is 4.40 Å². The fraction of sp³-hybridized carbons (Fsp3) is 0.222. The predicted molar refractivity (Wildman–Crippen MR) is 61.3 cm³/mol. The quantitative estimate of drug-likeness (QED) is 0.593. The van der Waals surface area contributed by atoms with Crippen molar-refractivity contribution in [2.45, 2.75) is 0 Å². The van der Waals surface area contributed by atoms with Gasteiger partial charge in [-0.1, -0.05) is 22.6 Å². The van der Waals surface area contributed by atoms with Crippen molar-refractivity contribution in [1.82, 2.24) is 4.90 Å². The topological polar surface area (TPSA) is 85.0 Å². The molecule has 1 rings (SSSR count). The molecule has 88 valence electrons. The molecule has 2 N–H and O–H groups in total. The molecular formula is C9H13N3O3S. The maximum absolute atomic E-state index is 10.8. The van der Waals surface area contributed by atoms with Crippen LogP contribution in [0.3, 0.4) is 0 Å². The van der Waals surface area contributed by atoms with Crippen LogP contribution >= 0.6 is 0 Å². The highest BCUT2D eigenvalue weighted by Crippen LogP contribution is 2.09. The molecule has 0 unspecified atom stereocenters. The lowest BCUT2D eigenvalue weighted by molar-refractivity contribution is 0.432. The summed E-state index contributed by atoms with van der Waals surface area (Å²) in [5.41, 5.74) is 0. The second-order valence-corrected chi connectivity index (χ2v) is 4.41. The fourth-order valence-corrected chi connectivity index (χ4v) is 1.31. The highest BCUT2D eigenvalue weighted by atomic mass is 32.2. The highest BCUT2D eigenvalue weighted by Gasteiger charge is 2.09. The minimum Gasteiger partial charge on any atom is -0.425 e. The minimum absolute atomic E-state index is 0.0892. The molecule has 0 saturated carbocycles. The van der Waals surface area contributed by atoms with Gasteiger partial charge in [-0.3, -0.25) is 0 Å². The van der Waals surface area contributed by atoms with Crippen LogP contribution in [-0.2, 0) is 10.2 Å². The van der Waals surface area contributed by atoms with Gasteiger partial charge >= 0.3 is 16.2 Å². The molecule has 0 saturated heterocycles. The normalized spacial score (nSPS) is 12.3. The van der Waals surface area contributed by atoms with Gasteiger partial charge in [0.2, 0.25) is 0 Å². The van der Waals surface area contributed by atoms with Crippen molar-refractivity contribution in [2.75, 3.05) is 14.1 Å². The molecule has 16 heavy (non-hydrogen) atoms. The SMILES string of the molecule is CN(C)/C(=N\S(N)(=O)=O)Oc1ccccc1. The standard InChI is InChI=1S/C9H13N3O3S/c1-12(2)9(11-16(10,13)14)15-8-6-4-3-5-7-8/h3-7H,1-2H3,(H2,10,13,14)/b11-9+. The Labute approximate surface area is 94.5 Å². The summed E-state index contributed by atoms with van der Waals surface area (Å²) in [6.45, 7) is 0. The number of benzene rings is 1. The molecule has 0 aliphatic rings. The van der Waals surface area contributed by atoms with Crippen molar-refractivity contribution in [1.29, 1.82) is 0 Å². The number of rotatable bonds is 2. The van der Waals surface area contributed by atoms with Crippen LogP contribution < -0.4 is 9.88 Å². The van der Waals surface area contributed by atoms with Crippen molar-refractivity contribution < 1.29 is 13.2 Å². The van der Waals surface area contributed by atoms with Gasteiger partial charge in [-0.05, 0) is 12.1 Å². The fourth-order valence-electron chi connectivity index (χ4n) is 0.894. The van der Waals surface area contributed by atoms with Gasteiger partial charge in [0.15, 0.2) is 0 Å². The maximum atomic E-state index is 10.8. The van der Waals surface area contributed by atoms with Gasteiger partial charge in [0.1, 0.15) is 5.75 Å². The van der Waals surface area contributed by atoms with Gasteiger partial charge in [0, 0.05) is 14.1 Å². The van der Waals surface area contributed by atoms with E-state index in [1.807, 2.05) is 6.07 Å². The van der Waals surface area contributed by atoms with E-state index >= 15 is 0 Å². The summed E-state index contributed by atoms with van der Waals surface area (Å²) in [5, 5.41) is 4.81. The number of hydrogen-bond acceptors (Lipinski definition) is 3.